The molecule has 2 aliphatic carbocycles. The van der Waals surface area contributed by atoms with E-state index in [0.717, 1.165) is 10.6 Å². The minimum absolute atomic E-state index is 0.0451. The van der Waals surface area contributed by atoms with Crippen LogP contribution in [-0.2, 0) is 0 Å². The Hall–Kier alpha value is -1.22. The Morgan fingerprint density at radius 1 is 1.10 bits per heavy atom. The van der Waals surface area contributed by atoms with E-state index in [1.54, 1.807) is 0 Å². The summed E-state index contributed by atoms with van der Waals surface area (Å²) in [5.41, 5.74) is 1.14. The molecule has 108 valence electrons. The van der Waals surface area contributed by atoms with Crippen molar-refractivity contribution in [3.8, 4) is 0 Å². The molecule has 0 aliphatic heterocycles. The zero-order valence-electron chi connectivity index (χ0n) is 11.7. The van der Waals surface area contributed by atoms with E-state index < -0.39 is 0 Å². The van der Waals surface area contributed by atoms with Crippen LogP contribution >= 0.6 is 11.6 Å². The average molecular weight is 293 g/mol. The number of nitrogens with one attached hydrogen (secondary N) is 2. The summed E-state index contributed by atoms with van der Waals surface area (Å²) >= 11 is 5.93. The summed E-state index contributed by atoms with van der Waals surface area (Å²) in [5, 5.41) is 6.93. The molecule has 2 fully saturated rings. The van der Waals surface area contributed by atoms with E-state index in [4.69, 9.17) is 11.6 Å². The van der Waals surface area contributed by atoms with Crippen molar-refractivity contribution < 1.29 is 4.79 Å². The fourth-order valence-corrected chi connectivity index (χ4v) is 2.80. The van der Waals surface area contributed by atoms with Gasteiger partial charge in [-0.15, -0.1) is 0 Å². The normalized spacial score (nSPS) is 21.1. The lowest BCUT2D eigenvalue weighted by atomic mass is 10.0. The summed E-state index contributed by atoms with van der Waals surface area (Å²) in [6.45, 7) is 2.09. The predicted molar refractivity (Wildman–Crippen MR) is 80.8 cm³/mol. The maximum Gasteiger partial charge on any atom is 0.315 e. The first-order chi connectivity index (χ1) is 9.63. The highest BCUT2D eigenvalue weighted by Crippen LogP contribution is 2.41. The van der Waals surface area contributed by atoms with Crippen LogP contribution in [0.1, 0.15) is 44.2 Å². The Kier molecular flexibility index (Phi) is 3.88. The molecule has 20 heavy (non-hydrogen) atoms. The van der Waals surface area contributed by atoms with Crippen LogP contribution in [0.4, 0.5) is 4.79 Å². The molecule has 2 aliphatic rings. The summed E-state index contributed by atoms with van der Waals surface area (Å²) in [7, 11) is 0. The molecule has 0 bridgehead atoms. The number of hydrogen-bond donors (Lipinski definition) is 2. The van der Waals surface area contributed by atoms with E-state index in [2.05, 4.69) is 17.6 Å². The molecule has 2 amide bonds. The van der Waals surface area contributed by atoms with Crippen LogP contribution in [0, 0.1) is 11.8 Å². The van der Waals surface area contributed by atoms with Gasteiger partial charge in [0.25, 0.3) is 0 Å². The zero-order valence-corrected chi connectivity index (χ0v) is 12.5. The van der Waals surface area contributed by atoms with Gasteiger partial charge in [-0.25, -0.2) is 4.79 Å². The van der Waals surface area contributed by atoms with Crippen molar-refractivity contribution in [1.82, 2.24) is 10.6 Å². The second-order valence-corrected chi connectivity index (χ2v) is 6.55. The quantitative estimate of drug-likeness (QED) is 0.849. The van der Waals surface area contributed by atoms with E-state index in [0.29, 0.717) is 11.8 Å². The molecule has 0 radical (unpaired) electrons. The molecule has 0 aromatic heterocycles. The SMILES string of the molecule is CC(NC(=O)NC(c1ccc(Cl)cc1)C1CC1)C1CC1. The summed E-state index contributed by atoms with van der Waals surface area (Å²) in [6, 6.07) is 8.14. The van der Waals surface area contributed by atoms with Gasteiger partial charge in [-0.05, 0) is 62.1 Å². The van der Waals surface area contributed by atoms with E-state index >= 15 is 0 Å². The first-order valence-corrected chi connectivity index (χ1v) is 7.84. The van der Waals surface area contributed by atoms with Crippen LogP contribution < -0.4 is 10.6 Å². The number of urea groups is 1. The van der Waals surface area contributed by atoms with Gasteiger partial charge >= 0.3 is 6.03 Å². The molecule has 1 aromatic carbocycles. The van der Waals surface area contributed by atoms with Gasteiger partial charge in [0.2, 0.25) is 0 Å². The fourth-order valence-electron chi connectivity index (χ4n) is 2.68. The Balaban J connectivity index is 1.62. The number of hydrogen-bond acceptors (Lipinski definition) is 1. The van der Waals surface area contributed by atoms with Crippen molar-refractivity contribution in [2.45, 2.75) is 44.7 Å². The number of carbonyl (C=O) groups excluding carboxylic acids is 1. The van der Waals surface area contributed by atoms with E-state index in [-0.39, 0.29) is 18.1 Å². The smallest absolute Gasteiger partial charge is 0.315 e. The number of rotatable bonds is 5. The maximum absolute atomic E-state index is 12.1. The van der Waals surface area contributed by atoms with Crippen LogP contribution in [0.5, 0.6) is 0 Å². The highest BCUT2D eigenvalue weighted by molar-refractivity contribution is 6.30. The first kappa shape index (κ1) is 13.7. The largest absolute Gasteiger partial charge is 0.335 e. The Bertz CT molecular complexity index is 480. The molecule has 3 nitrogen and oxygen atoms in total. The molecule has 2 N–H and O–H groups in total. The molecule has 2 saturated carbocycles. The Morgan fingerprint density at radius 3 is 2.25 bits per heavy atom. The van der Waals surface area contributed by atoms with Crippen molar-refractivity contribution in [3.63, 3.8) is 0 Å². The van der Waals surface area contributed by atoms with Crippen LogP contribution in [0.15, 0.2) is 24.3 Å². The minimum Gasteiger partial charge on any atom is -0.335 e. The van der Waals surface area contributed by atoms with E-state index in [1.165, 1.54) is 25.7 Å². The fraction of sp³-hybridized carbons (Fsp3) is 0.562. The lowest BCUT2D eigenvalue weighted by molar-refractivity contribution is 0.231. The topological polar surface area (TPSA) is 41.1 Å². The van der Waals surface area contributed by atoms with Crippen molar-refractivity contribution in [2.75, 3.05) is 0 Å². The summed E-state index contributed by atoms with van der Waals surface area (Å²) in [5.74, 6) is 1.24. The minimum atomic E-state index is -0.0451. The zero-order chi connectivity index (χ0) is 14.1. The van der Waals surface area contributed by atoms with Crippen molar-refractivity contribution in [2.24, 2.45) is 11.8 Å². The first-order valence-electron chi connectivity index (χ1n) is 7.46. The molecule has 4 heteroatoms. The highest BCUT2D eigenvalue weighted by atomic mass is 35.5. The summed E-state index contributed by atoms with van der Waals surface area (Å²) < 4.78 is 0. The van der Waals surface area contributed by atoms with Gasteiger partial charge in [-0.3, -0.25) is 0 Å². The van der Waals surface area contributed by atoms with E-state index in [1.807, 2.05) is 24.3 Å². The molecule has 3 rings (SSSR count). The number of amides is 2. The Labute approximate surface area is 125 Å². The van der Waals surface area contributed by atoms with Gasteiger partial charge in [0.1, 0.15) is 0 Å². The molecule has 2 unspecified atom stereocenters. The van der Waals surface area contributed by atoms with Gasteiger partial charge in [-0.2, -0.15) is 0 Å². The lowest BCUT2D eigenvalue weighted by Crippen LogP contribution is -2.43. The van der Waals surface area contributed by atoms with Gasteiger partial charge < -0.3 is 10.6 Å². The second kappa shape index (κ2) is 5.65. The Morgan fingerprint density at radius 2 is 1.70 bits per heavy atom. The standard InChI is InChI=1S/C16H21ClN2O/c1-10(11-2-3-11)18-16(20)19-15(12-4-5-12)13-6-8-14(17)9-7-13/h6-12,15H,2-5H2,1H3,(H2,18,19,20). The van der Waals surface area contributed by atoms with Crippen LogP contribution in [-0.4, -0.2) is 12.1 Å². The molecule has 1 aromatic rings. The lowest BCUT2D eigenvalue weighted by Gasteiger charge is -2.21. The van der Waals surface area contributed by atoms with Gasteiger partial charge in [-0.1, -0.05) is 23.7 Å². The van der Waals surface area contributed by atoms with Crippen molar-refractivity contribution >= 4 is 17.6 Å². The van der Waals surface area contributed by atoms with Gasteiger partial charge in [0.05, 0.1) is 6.04 Å². The average Bonchev–Trinajstić information content (AvgIpc) is 3.30. The summed E-state index contributed by atoms with van der Waals surface area (Å²) in [6.07, 6.45) is 4.85. The molecular weight excluding hydrogens is 272 g/mol. The van der Waals surface area contributed by atoms with Crippen LogP contribution in [0.25, 0.3) is 0 Å². The van der Waals surface area contributed by atoms with E-state index in [9.17, 15) is 4.79 Å². The van der Waals surface area contributed by atoms with Gasteiger partial charge in [0.15, 0.2) is 0 Å². The van der Waals surface area contributed by atoms with Gasteiger partial charge in [0, 0.05) is 11.1 Å². The monoisotopic (exact) mass is 292 g/mol. The number of carbonyl (C=O) groups is 1. The number of halogens is 1. The van der Waals surface area contributed by atoms with Crippen LogP contribution in [0.3, 0.4) is 0 Å². The van der Waals surface area contributed by atoms with Crippen LogP contribution in [0.2, 0.25) is 5.02 Å². The van der Waals surface area contributed by atoms with Crippen molar-refractivity contribution in [1.29, 1.82) is 0 Å². The molecule has 0 saturated heterocycles. The predicted octanol–water partition coefficient (Wildman–Crippen LogP) is 3.89. The molecule has 0 heterocycles. The third-order valence-electron chi connectivity index (χ3n) is 4.30. The number of benzene rings is 1. The molecular formula is C16H21ClN2O. The highest BCUT2D eigenvalue weighted by Gasteiger charge is 2.34. The molecule has 2 atom stereocenters. The third kappa shape index (κ3) is 3.45. The van der Waals surface area contributed by atoms with Crippen molar-refractivity contribution in [3.05, 3.63) is 34.9 Å². The maximum atomic E-state index is 12.1. The third-order valence-corrected chi connectivity index (χ3v) is 4.55. The second-order valence-electron chi connectivity index (χ2n) is 6.11. The molecule has 0 spiro atoms. The summed E-state index contributed by atoms with van der Waals surface area (Å²) in [4.78, 5) is 12.1.